The fraction of sp³-hybridized carbons (Fsp3) is 0.350. The minimum atomic E-state index is -1.01. The van der Waals surface area contributed by atoms with E-state index in [2.05, 4.69) is 16.0 Å². The Labute approximate surface area is 182 Å². The van der Waals surface area contributed by atoms with Gasteiger partial charge in [-0.15, -0.1) is 11.3 Å². The van der Waals surface area contributed by atoms with E-state index >= 15 is 0 Å². The highest BCUT2D eigenvalue weighted by atomic mass is 35.5. The normalized spacial score (nSPS) is 19.6. The van der Waals surface area contributed by atoms with Gasteiger partial charge in [0.2, 0.25) is 11.8 Å². The number of thiophene rings is 1. The SMILES string of the molecule is Cc1ccc(NC(O)NCc2scc3c2CN(C2CCC(=O)NC2=O)C3=O)cc1Cl. The third kappa shape index (κ3) is 4.06. The molecule has 2 aliphatic heterocycles. The second-order valence-corrected chi connectivity index (χ2v) is 8.71. The van der Waals surface area contributed by atoms with Crippen LogP contribution in [0.25, 0.3) is 0 Å². The van der Waals surface area contributed by atoms with Gasteiger partial charge in [0.1, 0.15) is 6.04 Å². The van der Waals surface area contributed by atoms with Gasteiger partial charge in [-0.3, -0.25) is 25.0 Å². The lowest BCUT2D eigenvalue weighted by Crippen LogP contribution is -2.52. The van der Waals surface area contributed by atoms with E-state index in [1.165, 1.54) is 16.2 Å². The average Bonchev–Trinajstić information content (AvgIpc) is 3.23. The van der Waals surface area contributed by atoms with Crippen LogP contribution in [0.2, 0.25) is 5.02 Å². The number of piperidine rings is 1. The molecule has 4 rings (SSSR count). The van der Waals surface area contributed by atoms with E-state index in [4.69, 9.17) is 11.6 Å². The number of rotatable bonds is 6. The maximum Gasteiger partial charge on any atom is 0.256 e. The van der Waals surface area contributed by atoms with Crippen molar-refractivity contribution in [1.29, 1.82) is 0 Å². The van der Waals surface area contributed by atoms with Crippen LogP contribution in [-0.4, -0.2) is 40.1 Å². The molecular formula is C20H21ClN4O4S. The van der Waals surface area contributed by atoms with Crippen LogP contribution in [0.15, 0.2) is 23.6 Å². The second kappa shape index (κ2) is 8.35. The van der Waals surface area contributed by atoms with Gasteiger partial charge in [0, 0.05) is 40.5 Å². The topological polar surface area (TPSA) is 111 Å². The second-order valence-electron chi connectivity index (χ2n) is 7.34. The maximum atomic E-state index is 12.7. The molecule has 0 saturated carbocycles. The Balaban J connectivity index is 1.38. The highest BCUT2D eigenvalue weighted by Gasteiger charge is 2.40. The number of carbonyl (C=O) groups is 3. The quantitative estimate of drug-likeness (QED) is 0.397. The lowest BCUT2D eigenvalue weighted by molar-refractivity contribution is -0.136. The van der Waals surface area contributed by atoms with E-state index in [9.17, 15) is 19.5 Å². The number of benzene rings is 1. The van der Waals surface area contributed by atoms with Gasteiger partial charge in [0.15, 0.2) is 6.35 Å². The van der Waals surface area contributed by atoms with Gasteiger partial charge in [0.25, 0.3) is 5.91 Å². The number of aliphatic hydroxyl groups excluding tert-OH is 1. The molecule has 0 spiro atoms. The molecule has 1 aromatic heterocycles. The van der Waals surface area contributed by atoms with Crippen LogP contribution in [-0.2, 0) is 22.7 Å². The zero-order valence-corrected chi connectivity index (χ0v) is 17.8. The number of nitrogens with one attached hydrogen (secondary N) is 3. The smallest absolute Gasteiger partial charge is 0.256 e. The minimum Gasteiger partial charge on any atom is -0.361 e. The van der Waals surface area contributed by atoms with Crippen molar-refractivity contribution >= 4 is 46.3 Å². The van der Waals surface area contributed by atoms with Crippen molar-refractivity contribution < 1.29 is 19.5 Å². The summed E-state index contributed by atoms with van der Waals surface area (Å²) in [4.78, 5) is 38.7. The molecule has 1 fully saturated rings. The lowest BCUT2D eigenvalue weighted by atomic mass is 10.0. The number of fused-ring (bicyclic) bond motifs is 1. The van der Waals surface area contributed by atoms with E-state index in [0.717, 1.165) is 16.0 Å². The van der Waals surface area contributed by atoms with Gasteiger partial charge < -0.3 is 15.3 Å². The van der Waals surface area contributed by atoms with Gasteiger partial charge in [-0.2, -0.15) is 0 Å². The fourth-order valence-corrected chi connectivity index (χ4v) is 4.80. The van der Waals surface area contributed by atoms with Gasteiger partial charge in [0.05, 0.1) is 5.56 Å². The molecule has 0 aliphatic carbocycles. The van der Waals surface area contributed by atoms with Crippen LogP contribution < -0.4 is 16.0 Å². The van der Waals surface area contributed by atoms with Crippen LogP contribution in [0.4, 0.5) is 5.69 Å². The molecule has 4 N–H and O–H groups in total. The summed E-state index contributed by atoms with van der Waals surface area (Å²) < 4.78 is 0. The van der Waals surface area contributed by atoms with Crippen molar-refractivity contribution in [2.45, 2.75) is 45.2 Å². The van der Waals surface area contributed by atoms with Crippen LogP contribution in [0, 0.1) is 6.92 Å². The van der Waals surface area contributed by atoms with E-state index in [-0.39, 0.29) is 18.2 Å². The Morgan fingerprint density at radius 1 is 1.37 bits per heavy atom. The standard InChI is InChI=1S/C20H21ClN4O4S/c1-10-2-3-11(6-14(10)21)23-20(29)22-7-16-12-8-25(19(28)13(12)9-30-16)15-4-5-17(26)24-18(15)27/h2-3,6,9,15,20,22-23,29H,4-5,7-8H2,1H3,(H,24,26,27). The predicted octanol–water partition coefficient (Wildman–Crippen LogP) is 1.95. The Bertz CT molecular complexity index is 1020. The van der Waals surface area contributed by atoms with E-state index in [1.807, 2.05) is 19.1 Å². The first-order valence-electron chi connectivity index (χ1n) is 9.51. The summed E-state index contributed by atoms with van der Waals surface area (Å²) in [5.74, 6) is -0.933. The minimum absolute atomic E-state index is 0.199. The summed E-state index contributed by atoms with van der Waals surface area (Å²) >= 11 is 7.54. The molecule has 0 radical (unpaired) electrons. The first-order chi connectivity index (χ1) is 14.3. The fourth-order valence-electron chi connectivity index (χ4n) is 3.63. The first kappa shape index (κ1) is 20.8. The average molecular weight is 449 g/mol. The number of carbonyl (C=O) groups excluding carboxylic acids is 3. The van der Waals surface area contributed by atoms with E-state index < -0.39 is 18.3 Å². The molecule has 8 nitrogen and oxygen atoms in total. The number of nitrogens with zero attached hydrogens (tertiary/aromatic N) is 1. The molecule has 1 saturated heterocycles. The van der Waals surface area contributed by atoms with Crippen LogP contribution >= 0.6 is 22.9 Å². The number of hydrogen-bond donors (Lipinski definition) is 4. The molecule has 3 heterocycles. The Morgan fingerprint density at radius 3 is 2.90 bits per heavy atom. The molecule has 2 atom stereocenters. The number of aliphatic hydroxyl groups is 1. The highest BCUT2D eigenvalue weighted by molar-refractivity contribution is 7.10. The Kier molecular flexibility index (Phi) is 5.79. The highest BCUT2D eigenvalue weighted by Crippen LogP contribution is 2.33. The Hall–Kier alpha value is -2.46. The van der Waals surface area contributed by atoms with E-state index in [0.29, 0.717) is 35.8 Å². The number of aryl methyl sites for hydroxylation is 1. The van der Waals surface area contributed by atoms with Crippen molar-refractivity contribution in [2.24, 2.45) is 0 Å². The molecule has 2 aromatic rings. The van der Waals surface area contributed by atoms with Crippen LogP contribution in [0.1, 0.15) is 39.2 Å². The summed E-state index contributed by atoms with van der Waals surface area (Å²) in [6.45, 7) is 2.57. The van der Waals surface area contributed by atoms with Crippen molar-refractivity contribution in [3.8, 4) is 0 Å². The largest absolute Gasteiger partial charge is 0.361 e. The molecule has 158 valence electrons. The monoisotopic (exact) mass is 448 g/mol. The predicted molar refractivity (Wildman–Crippen MR) is 113 cm³/mol. The van der Waals surface area contributed by atoms with Crippen LogP contribution in [0.5, 0.6) is 0 Å². The zero-order valence-electron chi connectivity index (χ0n) is 16.2. The number of hydrogen-bond acceptors (Lipinski definition) is 7. The molecule has 10 heteroatoms. The summed E-state index contributed by atoms with van der Waals surface area (Å²) in [6.07, 6.45) is -0.452. The van der Waals surface area contributed by atoms with Gasteiger partial charge >= 0.3 is 0 Å². The molecule has 1 aromatic carbocycles. The lowest BCUT2D eigenvalue weighted by Gasteiger charge is -2.29. The summed E-state index contributed by atoms with van der Waals surface area (Å²) in [7, 11) is 0. The maximum absolute atomic E-state index is 12.7. The molecule has 2 unspecified atom stereocenters. The summed E-state index contributed by atoms with van der Waals surface area (Å²) in [5, 5.41) is 20.8. The molecule has 2 aliphatic rings. The third-order valence-electron chi connectivity index (χ3n) is 5.32. The molecular weight excluding hydrogens is 428 g/mol. The van der Waals surface area contributed by atoms with Crippen LogP contribution in [0.3, 0.4) is 0 Å². The van der Waals surface area contributed by atoms with Gasteiger partial charge in [-0.05, 0) is 36.6 Å². The number of amides is 3. The number of anilines is 1. The molecule has 30 heavy (non-hydrogen) atoms. The van der Waals surface area contributed by atoms with E-state index in [1.54, 1.807) is 11.4 Å². The van der Waals surface area contributed by atoms with Gasteiger partial charge in [-0.1, -0.05) is 17.7 Å². The van der Waals surface area contributed by atoms with Gasteiger partial charge in [-0.25, -0.2) is 0 Å². The Morgan fingerprint density at radius 2 is 2.17 bits per heavy atom. The van der Waals surface area contributed by atoms with Crippen molar-refractivity contribution in [1.82, 2.24) is 15.5 Å². The number of imide groups is 1. The van der Waals surface area contributed by atoms with Crippen molar-refractivity contribution in [3.63, 3.8) is 0 Å². The first-order valence-corrected chi connectivity index (χ1v) is 10.8. The third-order valence-corrected chi connectivity index (χ3v) is 6.75. The van der Waals surface area contributed by atoms with Crippen molar-refractivity contribution in [2.75, 3.05) is 5.32 Å². The molecule has 3 amide bonds. The summed E-state index contributed by atoms with van der Waals surface area (Å²) in [6, 6.07) is 4.79. The zero-order chi connectivity index (χ0) is 21.4. The van der Waals surface area contributed by atoms with Crippen molar-refractivity contribution in [3.05, 3.63) is 50.2 Å². The number of halogens is 1. The molecule has 0 bridgehead atoms. The summed E-state index contributed by atoms with van der Waals surface area (Å²) in [5.41, 5.74) is 3.06.